The molecule has 2 aromatic carbocycles. The van der Waals surface area contributed by atoms with Crippen LogP contribution in [0.25, 0.3) is 10.8 Å². The van der Waals surface area contributed by atoms with Crippen LogP contribution >= 0.6 is 0 Å². The zero-order chi connectivity index (χ0) is 14.9. The van der Waals surface area contributed by atoms with Crippen LogP contribution in [0.5, 0.6) is 0 Å². The largest absolute Gasteiger partial charge is 0.480 e. The number of carboxylic acid groups (broad SMARTS) is 2. The summed E-state index contributed by atoms with van der Waals surface area (Å²) in [6, 6.07) is 10.3. The maximum atomic E-state index is 13.3. The third kappa shape index (κ3) is 1.80. The Bertz CT molecular complexity index is 662. The summed E-state index contributed by atoms with van der Waals surface area (Å²) in [5.41, 5.74) is -3.70. The third-order valence-electron chi connectivity index (χ3n) is 3.22. The minimum Gasteiger partial charge on any atom is -0.480 e. The highest BCUT2D eigenvalue weighted by atomic mass is 19.3. The average Bonchev–Trinajstić information content (AvgIpc) is 2.38. The Labute approximate surface area is 112 Å². The van der Waals surface area contributed by atoms with Crippen molar-refractivity contribution in [1.29, 1.82) is 0 Å². The van der Waals surface area contributed by atoms with Crippen molar-refractivity contribution in [3.63, 3.8) is 0 Å². The first-order valence-electron chi connectivity index (χ1n) is 5.65. The molecule has 0 saturated carbocycles. The van der Waals surface area contributed by atoms with E-state index < -0.39 is 29.3 Å². The van der Waals surface area contributed by atoms with Crippen LogP contribution in [0.4, 0.5) is 8.78 Å². The van der Waals surface area contributed by atoms with Gasteiger partial charge in [0.25, 0.3) is 6.43 Å². The number of alkyl halides is 2. The van der Waals surface area contributed by atoms with Crippen molar-refractivity contribution in [2.24, 2.45) is 0 Å². The van der Waals surface area contributed by atoms with E-state index in [-0.39, 0.29) is 5.39 Å². The fourth-order valence-corrected chi connectivity index (χ4v) is 2.20. The Morgan fingerprint density at radius 2 is 1.50 bits per heavy atom. The third-order valence-corrected chi connectivity index (χ3v) is 3.22. The van der Waals surface area contributed by atoms with Gasteiger partial charge in [0.15, 0.2) is 0 Å². The van der Waals surface area contributed by atoms with Gasteiger partial charge in [-0.2, -0.15) is 0 Å². The molecule has 2 N–H and O–H groups in total. The molecule has 2 rings (SSSR count). The molecule has 6 heteroatoms. The maximum Gasteiger partial charge on any atom is 0.331 e. The molecule has 0 heterocycles. The van der Waals surface area contributed by atoms with Crippen molar-refractivity contribution in [2.45, 2.75) is 11.8 Å². The molecule has 4 nitrogen and oxygen atoms in total. The smallest absolute Gasteiger partial charge is 0.331 e. The van der Waals surface area contributed by atoms with E-state index >= 15 is 0 Å². The minimum absolute atomic E-state index is 0.181. The van der Waals surface area contributed by atoms with E-state index in [9.17, 15) is 18.4 Å². The molecule has 0 radical (unpaired) electrons. The van der Waals surface area contributed by atoms with E-state index in [1.807, 2.05) is 0 Å². The van der Waals surface area contributed by atoms with Gasteiger partial charge in [0.2, 0.25) is 5.41 Å². The Morgan fingerprint density at radius 3 is 2.05 bits per heavy atom. The van der Waals surface area contributed by atoms with Crippen LogP contribution in [-0.2, 0) is 15.0 Å². The minimum atomic E-state index is -3.58. The standard InChI is InChI=1S/C14H10F2O4/c15-11(16)14(12(17)18,13(19)20)10-7-3-5-8-4-1-2-6-9(8)10/h1-7,11H,(H,17,18)(H,19,20). The predicted molar refractivity (Wildman–Crippen MR) is 66.9 cm³/mol. The van der Waals surface area contributed by atoms with Crippen LogP contribution in [0.3, 0.4) is 0 Å². The molecule has 104 valence electrons. The van der Waals surface area contributed by atoms with Crippen LogP contribution in [0.1, 0.15) is 5.56 Å². The molecule has 0 atom stereocenters. The van der Waals surface area contributed by atoms with Crippen molar-refractivity contribution in [1.82, 2.24) is 0 Å². The van der Waals surface area contributed by atoms with Gasteiger partial charge in [0.05, 0.1) is 0 Å². The molecular formula is C14H10F2O4. The van der Waals surface area contributed by atoms with E-state index in [1.165, 1.54) is 18.2 Å². The summed E-state index contributed by atoms with van der Waals surface area (Å²) in [4.78, 5) is 22.6. The summed E-state index contributed by atoms with van der Waals surface area (Å²) in [6.07, 6.45) is -3.58. The first-order chi connectivity index (χ1) is 9.42. The van der Waals surface area contributed by atoms with Gasteiger partial charge in [0.1, 0.15) is 0 Å². The van der Waals surface area contributed by atoms with Crippen molar-refractivity contribution < 1.29 is 28.6 Å². The van der Waals surface area contributed by atoms with Crippen molar-refractivity contribution in [2.75, 3.05) is 0 Å². The topological polar surface area (TPSA) is 74.6 Å². The van der Waals surface area contributed by atoms with E-state index in [4.69, 9.17) is 10.2 Å². The summed E-state index contributed by atoms with van der Waals surface area (Å²) in [6.45, 7) is 0. The lowest BCUT2D eigenvalue weighted by atomic mass is 9.78. The quantitative estimate of drug-likeness (QED) is 0.844. The number of rotatable bonds is 4. The normalized spacial score (nSPS) is 11.8. The SMILES string of the molecule is O=C(O)C(C(=O)O)(c1cccc2ccccc12)C(F)F. The summed E-state index contributed by atoms with van der Waals surface area (Å²) in [5.74, 6) is -4.17. The van der Waals surface area contributed by atoms with Gasteiger partial charge in [-0.1, -0.05) is 42.5 Å². The molecule has 0 aliphatic heterocycles. The second-order valence-electron chi connectivity index (χ2n) is 4.25. The van der Waals surface area contributed by atoms with Crippen LogP contribution in [-0.4, -0.2) is 28.6 Å². The van der Waals surface area contributed by atoms with Gasteiger partial charge in [-0.15, -0.1) is 0 Å². The number of carbonyl (C=O) groups is 2. The Hall–Kier alpha value is -2.50. The van der Waals surface area contributed by atoms with Crippen LogP contribution in [0, 0.1) is 0 Å². The second kappa shape index (κ2) is 4.88. The highest BCUT2D eigenvalue weighted by Crippen LogP contribution is 2.36. The summed E-state index contributed by atoms with van der Waals surface area (Å²) >= 11 is 0. The Kier molecular flexibility index (Phi) is 3.40. The fraction of sp³-hybridized carbons (Fsp3) is 0.143. The molecule has 0 aliphatic rings. The first-order valence-corrected chi connectivity index (χ1v) is 5.65. The molecular weight excluding hydrogens is 270 g/mol. The summed E-state index contributed by atoms with van der Waals surface area (Å²) in [7, 11) is 0. The summed E-state index contributed by atoms with van der Waals surface area (Å²) in [5, 5.41) is 18.9. The van der Waals surface area contributed by atoms with E-state index in [0.29, 0.717) is 5.39 Å². The van der Waals surface area contributed by atoms with E-state index in [1.54, 1.807) is 18.2 Å². The molecule has 0 aliphatic carbocycles. The van der Waals surface area contributed by atoms with Gasteiger partial charge in [-0.05, 0) is 16.3 Å². The highest BCUT2D eigenvalue weighted by Gasteiger charge is 2.57. The van der Waals surface area contributed by atoms with Crippen LogP contribution in [0.2, 0.25) is 0 Å². The maximum absolute atomic E-state index is 13.3. The van der Waals surface area contributed by atoms with Crippen molar-refractivity contribution in [3.05, 3.63) is 48.0 Å². The number of hydrogen-bond donors (Lipinski definition) is 2. The Balaban J connectivity index is 2.89. The lowest BCUT2D eigenvalue weighted by Crippen LogP contribution is -2.50. The molecule has 20 heavy (non-hydrogen) atoms. The average molecular weight is 280 g/mol. The molecule has 0 amide bonds. The summed E-state index contributed by atoms with van der Waals surface area (Å²) < 4.78 is 26.6. The number of hydrogen-bond acceptors (Lipinski definition) is 2. The van der Waals surface area contributed by atoms with Crippen molar-refractivity contribution >= 4 is 22.7 Å². The van der Waals surface area contributed by atoms with Gasteiger partial charge < -0.3 is 10.2 Å². The van der Waals surface area contributed by atoms with Gasteiger partial charge in [0, 0.05) is 0 Å². The highest BCUT2D eigenvalue weighted by molar-refractivity contribution is 6.09. The van der Waals surface area contributed by atoms with Crippen molar-refractivity contribution in [3.8, 4) is 0 Å². The Morgan fingerprint density at radius 1 is 0.950 bits per heavy atom. The zero-order valence-corrected chi connectivity index (χ0v) is 10.1. The van der Waals surface area contributed by atoms with Gasteiger partial charge in [-0.25, -0.2) is 8.78 Å². The first kappa shape index (κ1) is 13.9. The predicted octanol–water partition coefficient (Wildman–Crippen LogP) is 2.51. The molecule has 0 fully saturated rings. The monoisotopic (exact) mass is 280 g/mol. The van der Waals surface area contributed by atoms with E-state index in [2.05, 4.69) is 0 Å². The molecule has 0 bridgehead atoms. The van der Waals surface area contributed by atoms with E-state index in [0.717, 1.165) is 6.07 Å². The molecule has 0 spiro atoms. The number of carboxylic acids is 2. The fourth-order valence-electron chi connectivity index (χ4n) is 2.20. The number of halogens is 2. The number of fused-ring (bicyclic) bond motifs is 1. The molecule has 0 aromatic heterocycles. The molecule has 0 saturated heterocycles. The van der Waals surface area contributed by atoms with Crippen LogP contribution in [0.15, 0.2) is 42.5 Å². The van der Waals surface area contributed by atoms with Gasteiger partial charge in [-0.3, -0.25) is 9.59 Å². The molecule has 0 unspecified atom stereocenters. The number of aliphatic carboxylic acids is 2. The number of benzene rings is 2. The second-order valence-corrected chi connectivity index (χ2v) is 4.25. The van der Waals surface area contributed by atoms with Gasteiger partial charge >= 0.3 is 11.9 Å². The molecule has 2 aromatic rings. The van der Waals surface area contributed by atoms with Crippen LogP contribution < -0.4 is 0 Å². The zero-order valence-electron chi connectivity index (χ0n) is 10.1. The lowest BCUT2D eigenvalue weighted by molar-refractivity contribution is -0.166. The lowest BCUT2D eigenvalue weighted by Gasteiger charge is -2.25.